The molecule has 0 amide bonds. The first-order valence-corrected chi connectivity index (χ1v) is 14.9. The second kappa shape index (κ2) is 16.4. The average molecular weight is 488 g/mol. The molecule has 0 aliphatic carbocycles. The second-order valence-corrected chi connectivity index (χ2v) is 10.7. The molecule has 2 heteroatoms. The zero-order chi connectivity index (χ0) is 25.4. The monoisotopic (exact) mass is 487 g/mol. The Bertz CT molecular complexity index is 958. The molecule has 3 aromatic rings. The summed E-state index contributed by atoms with van der Waals surface area (Å²) in [6.07, 6.45) is 19.5. The molecule has 0 radical (unpaired) electrons. The van der Waals surface area contributed by atoms with Crippen molar-refractivity contribution < 1.29 is 4.57 Å². The van der Waals surface area contributed by atoms with E-state index in [9.17, 15) is 0 Å². The minimum Gasteiger partial charge on any atom is -0.234 e. The van der Waals surface area contributed by atoms with Crippen molar-refractivity contribution in [2.45, 2.75) is 123 Å². The van der Waals surface area contributed by atoms with Gasteiger partial charge in [-0.05, 0) is 36.3 Å². The van der Waals surface area contributed by atoms with Crippen LogP contribution in [-0.4, -0.2) is 4.57 Å². The Hall–Kier alpha value is -2.35. The Balaban J connectivity index is 1.74. The predicted molar refractivity (Wildman–Crippen MR) is 155 cm³/mol. The highest BCUT2D eigenvalue weighted by molar-refractivity contribution is 5.22. The molecule has 196 valence electrons. The van der Waals surface area contributed by atoms with Crippen molar-refractivity contribution in [2.24, 2.45) is 0 Å². The molecule has 1 heterocycles. The summed E-state index contributed by atoms with van der Waals surface area (Å²) in [6, 6.07) is 22.1. The Morgan fingerprint density at radius 3 is 1.92 bits per heavy atom. The van der Waals surface area contributed by atoms with E-state index in [1.807, 2.05) is 0 Å². The number of hydrogen-bond acceptors (Lipinski definition) is 0. The minimum absolute atomic E-state index is 0.521. The highest BCUT2D eigenvalue weighted by atomic mass is 15.2. The molecule has 2 nitrogen and oxygen atoms in total. The Kier molecular flexibility index (Phi) is 12.9. The van der Waals surface area contributed by atoms with Crippen molar-refractivity contribution in [3.8, 4) is 0 Å². The van der Waals surface area contributed by atoms with Crippen molar-refractivity contribution in [3.63, 3.8) is 0 Å². The molecule has 1 unspecified atom stereocenters. The smallest absolute Gasteiger partial charge is 0.234 e. The van der Waals surface area contributed by atoms with E-state index in [-0.39, 0.29) is 0 Å². The summed E-state index contributed by atoms with van der Waals surface area (Å²) in [7, 11) is 0. The molecular weight excluding hydrogens is 436 g/mol. The zero-order valence-corrected chi connectivity index (χ0v) is 23.4. The van der Waals surface area contributed by atoms with Gasteiger partial charge in [-0.3, -0.25) is 0 Å². The molecule has 1 aromatic heterocycles. The molecule has 1 atom stereocenters. The summed E-state index contributed by atoms with van der Waals surface area (Å²) in [5, 5.41) is 0. The zero-order valence-electron chi connectivity index (χ0n) is 23.4. The lowest BCUT2D eigenvalue weighted by Gasteiger charge is -2.12. The molecule has 0 fully saturated rings. The summed E-state index contributed by atoms with van der Waals surface area (Å²) in [4.78, 5) is 0. The number of rotatable bonds is 18. The number of unbranched alkanes of at least 4 members (excludes halogenated alkanes) is 9. The second-order valence-electron chi connectivity index (χ2n) is 10.7. The molecule has 36 heavy (non-hydrogen) atoms. The standard InChI is InChI=1S/C34H51N2/c1-4-6-8-9-10-11-12-13-20-26-36-33(27-30(3)32-23-18-15-19-24-32)29-35(25-7-5-2)34(36)28-31-21-16-14-17-22-31/h14-19,21-24,29-30H,4-13,20,25-28H2,1-3H3/q+1. The van der Waals surface area contributed by atoms with Gasteiger partial charge >= 0.3 is 0 Å². The Labute approximate surface area is 221 Å². The first kappa shape index (κ1) is 28.2. The summed E-state index contributed by atoms with van der Waals surface area (Å²) < 4.78 is 5.28. The molecule has 2 aromatic carbocycles. The molecule has 0 bridgehead atoms. The van der Waals surface area contributed by atoms with Crippen LogP contribution < -0.4 is 4.57 Å². The highest BCUT2D eigenvalue weighted by Gasteiger charge is 2.24. The SMILES string of the molecule is CCCCCCCCCCCn1c(CC(C)c2ccccc2)c[n+](CCCC)c1Cc1ccccc1. The molecule has 3 rings (SSSR count). The fourth-order valence-electron chi connectivity index (χ4n) is 5.37. The van der Waals surface area contributed by atoms with Crippen LogP contribution in [0.15, 0.2) is 66.9 Å². The highest BCUT2D eigenvalue weighted by Crippen LogP contribution is 2.22. The van der Waals surface area contributed by atoms with Crippen LogP contribution in [0.5, 0.6) is 0 Å². The third kappa shape index (κ3) is 9.26. The summed E-state index contributed by atoms with van der Waals surface area (Å²) >= 11 is 0. The molecule has 0 spiro atoms. The molecule has 0 saturated heterocycles. The summed E-state index contributed by atoms with van der Waals surface area (Å²) in [5.41, 5.74) is 4.36. The van der Waals surface area contributed by atoms with Crippen molar-refractivity contribution in [2.75, 3.05) is 0 Å². The van der Waals surface area contributed by atoms with Crippen molar-refractivity contribution >= 4 is 0 Å². The lowest BCUT2D eigenvalue weighted by Crippen LogP contribution is -2.37. The lowest BCUT2D eigenvalue weighted by atomic mass is 9.96. The van der Waals surface area contributed by atoms with Gasteiger partial charge in [-0.15, -0.1) is 0 Å². The third-order valence-electron chi connectivity index (χ3n) is 7.62. The van der Waals surface area contributed by atoms with Crippen LogP contribution in [-0.2, 0) is 25.9 Å². The largest absolute Gasteiger partial charge is 0.261 e. The Morgan fingerprint density at radius 1 is 0.694 bits per heavy atom. The molecule has 0 aliphatic rings. The number of aryl methyl sites for hydroxylation is 1. The first-order chi connectivity index (χ1) is 17.7. The van der Waals surface area contributed by atoms with Crippen LogP contribution in [0.4, 0.5) is 0 Å². The minimum atomic E-state index is 0.521. The lowest BCUT2D eigenvalue weighted by molar-refractivity contribution is -0.704. The van der Waals surface area contributed by atoms with E-state index in [4.69, 9.17) is 0 Å². The molecule has 0 aliphatic heterocycles. The number of nitrogens with zero attached hydrogens (tertiary/aromatic N) is 2. The molecule has 0 saturated carbocycles. The van der Waals surface area contributed by atoms with Gasteiger partial charge in [0.05, 0.1) is 19.5 Å². The maximum absolute atomic E-state index is 2.70. The van der Waals surface area contributed by atoms with E-state index in [1.165, 1.54) is 93.3 Å². The molecule has 0 N–H and O–H groups in total. The maximum Gasteiger partial charge on any atom is 0.261 e. The van der Waals surface area contributed by atoms with Crippen LogP contribution in [0.25, 0.3) is 0 Å². The predicted octanol–water partition coefficient (Wildman–Crippen LogP) is 9.04. The van der Waals surface area contributed by atoms with Crippen molar-refractivity contribution in [1.29, 1.82) is 0 Å². The topological polar surface area (TPSA) is 8.81 Å². The fourth-order valence-corrected chi connectivity index (χ4v) is 5.37. The molecular formula is C34H51N2+. The van der Waals surface area contributed by atoms with Gasteiger partial charge in [0, 0.05) is 6.42 Å². The normalized spacial score (nSPS) is 12.2. The number of aromatic nitrogens is 2. The average Bonchev–Trinajstić information content (AvgIpc) is 3.22. The van der Waals surface area contributed by atoms with Gasteiger partial charge in [0.15, 0.2) is 0 Å². The summed E-state index contributed by atoms with van der Waals surface area (Å²) in [5.74, 6) is 2.01. The van der Waals surface area contributed by atoms with Gasteiger partial charge in [-0.25, -0.2) is 9.13 Å². The van der Waals surface area contributed by atoms with Gasteiger partial charge in [-0.1, -0.05) is 133 Å². The summed E-state index contributed by atoms with van der Waals surface area (Å²) in [6.45, 7) is 9.26. The van der Waals surface area contributed by atoms with Crippen LogP contribution in [0, 0.1) is 0 Å². The first-order valence-electron chi connectivity index (χ1n) is 14.9. The Morgan fingerprint density at radius 2 is 1.28 bits per heavy atom. The van der Waals surface area contributed by atoms with E-state index in [1.54, 1.807) is 0 Å². The van der Waals surface area contributed by atoms with Crippen LogP contribution in [0.2, 0.25) is 0 Å². The number of hydrogen-bond donors (Lipinski definition) is 0. The van der Waals surface area contributed by atoms with Gasteiger partial charge in [0.25, 0.3) is 5.82 Å². The number of benzene rings is 2. The van der Waals surface area contributed by atoms with Crippen LogP contribution >= 0.6 is 0 Å². The van der Waals surface area contributed by atoms with Gasteiger partial charge in [0.2, 0.25) is 0 Å². The third-order valence-corrected chi connectivity index (χ3v) is 7.62. The van der Waals surface area contributed by atoms with Crippen LogP contribution in [0.1, 0.15) is 120 Å². The maximum atomic E-state index is 2.70. The fraction of sp³-hybridized carbons (Fsp3) is 0.559. The number of imidazole rings is 1. The van der Waals surface area contributed by atoms with Crippen LogP contribution in [0.3, 0.4) is 0 Å². The van der Waals surface area contributed by atoms with Gasteiger partial charge in [0.1, 0.15) is 11.9 Å². The van der Waals surface area contributed by atoms with E-state index in [0.717, 1.165) is 25.9 Å². The van der Waals surface area contributed by atoms with E-state index >= 15 is 0 Å². The van der Waals surface area contributed by atoms with Gasteiger partial charge < -0.3 is 0 Å². The van der Waals surface area contributed by atoms with Crippen molar-refractivity contribution in [3.05, 3.63) is 89.5 Å². The quantitative estimate of drug-likeness (QED) is 0.125. The van der Waals surface area contributed by atoms with E-state index in [2.05, 4.69) is 96.8 Å². The van der Waals surface area contributed by atoms with Gasteiger partial charge in [-0.2, -0.15) is 0 Å². The van der Waals surface area contributed by atoms with Crippen molar-refractivity contribution in [1.82, 2.24) is 4.57 Å². The van der Waals surface area contributed by atoms with E-state index < -0.39 is 0 Å². The van der Waals surface area contributed by atoms with E-state index in [0.29, 0.717) is 5.92 Å².